The van der Waals surface area contributed by atoms with E-state index in [1.54, 1.807) is 48.5 Å². The molecular formula is C26H22ClNO5. The van der Waals surface area contributed by atoms with Gasteiger partial charge in [0, 0.05) is 28.3 Å². The Morgan fingerprint density at radius 3 is 2.36 bits per heavy atom. The van der Waals surface area contributed by atoms with E-state index >= 15 is 0 Å². The second-order valence-corrected chi connectivity index (χ2v) is 7.86. The maximum Gasteiger partial charge on any atom is 0.246 e. The number of aryl methyl sites for hydroxylation is 1. The van der Waals surface area contributed by atoms with E-state index in [0.29, 0.717) is 39.5 Å². The number of rotatable bonds is 7. The van der Waals surface area contributed by atoms with E-state index < -0.39 is 5.38 Å². The highest BCUT2D eigenvalue weighted by atomic mass is 35.5. The Labute approximate surface area is 196 Å². The molecule has 1 amide bonds. The number of carbonyl (C=O) groups is 2. The van der Waals surface area contributed by atoms with Gasteiger partial charge in [0.2, 0.25) is 11.7 Å². The molecule has 168 valence electrons. The summed E-state index contributed by atoms with van der Waals surface area (Å²) in [5.74, 6) is 0.576. The number of ketones is 1. The van der Waals surface area contributed by atoms with Gasteiger partial charge in [-0.3, -0.25) is 9.59 Å². The van der Waals surface area contributed by atoms with Gasteiger partial charge in [0.1, 0.15) is 11.0 Å². The molecule has 0 spiro atoms. The summed E-state index contributed by atoms with van der Waals surface area (Å²) in [7, 11) is 3.04. The van der Waals surface area contributed by atoms with E-state index in [1.165, 1.54) is 14.2 Å². The molecule has 0 radical (unpaired) electrons. The van der Waals surface area contributed by atoms with E-state index in [1.807, 2.05) is 25.1 Å². The molecule has 1 atom stereocenters. The summed E-state index contributed by atoms with van der Waals surface area (Å²) in [6, 6.07) is 19.3. The van der Waals surface area contributed by atoms with Crippen LogP contribution in [0.4, 0.5) is 5.69 Å². The van der Waals surface area contributed by atoms with Crippen molar-refractivity contribution in [3.8, 4) is 11.5 Å². The van der Waals surface area contributed by atoms with E-state index in [2.05, 4.69) is 5.32 Å². The van der Waals surface area contributed by atoms with Crippen molar-refractivity contribution in [2.24, 2.45) is 0 Å². The van der Waals surface area contributed by atoms with Crippen molar-refractivity contribution in [1.29, 1.82) is 0 Å². The molecule has 0 aliphatic heterocycles. The number of halogens is 1. The van der Waals surface area contributed by atoms with Crippen LogP contribution in [0.2, 0.25) is 0 Å². The van der Waals surface area contributed by atoms with Crippen LogP contribution in [0.1, 0.15) is 32.6 Å². The molecular weight excluding hydrogens is 442 g/mol. The lowest BCUT2D eigenvalue weighted by molar-refractivity contribution is -0.116. The van der Waals surface area contributed by atoms with Gasteiger partial charge in [-0.25, -0.2) is 0 Å². The topological polar surface area (TPSA) is 77.8 Å². The van der Waals surface area contributed by atoms with Crippen LogP contribution in [0.15, 0.2) is 71.1 Å². The highest BCUT2D eigenvalue weighted by Gasteiger charge is 2.22. The molecule has 0 fully saturated rings. The Hall–Kier alpha value is -3.77. The molecule has 7 heteroatoms. The third-order valence-electron chi connectivity index (χ3n) is 5.38. The number of anilines is 1. The molecule has 4 rings (SSSR count). The van der Waals surface area contributed by atoms with Crippen molar-refractivity contribution in [3.05, 3.63) is 89.2 Å². The zero-order chi connectivity index (χ0) is 23.5. The molecule has 6 nitrogen and oxygen atoms in total. The first kappa shape index (κ1) is 22.4. The zero-order valence-electron chi connectivity index (χ0n) is 18.3. The fourth-order valence-electron chi connectivity index (χ4n) is 3.61. The Morgan fingerprint density at radius 1 is 0.939 bits per heavy atom. The minimum absolute atomic E-state index is 0.222. The van der Waals surface area contributed by atoms with Gasteiger partial charge in [0.15, 0.2) is 17.3 Å². The molecule has 33 heavy (non-hydrogen) atoms. The molecule has 0 bridgehead atoms. The normalized spacial score (nSPS) is 11.8. The Bertz CT molecular complexity index is 1330. The number of benzene rings is 3. The second-order valence-electron chi connectivity index (χ2n) is 7.43. The highest BCUT2D eigenvalue weighted by molar-refractivity contribution is 6.32. The van der Waals surface area contributed by atoms with Crippen LogP contribution in [0, 0.1) is 6.92 Å². The molecule has 1 heterocycles. The predicted octanol–water partition coefficient (Wildman–Crippen LogP) is 5.91. The fraction of sp³-hybridized carbons (Fsp3) is 0.154. The number of hydrogen-bond donors (Lipinski definition) is 1. The first-order chi connectivity index (χ1) is 15.9. The van der Waals surface area contributed by atoms with E-state index in [0.717, 1.165) is 5.39 Å². The van der Waals surface area contributed by atoms with Gasteiger partial charge in [-0.2, -0.15) is 0 Å². The molecule has 0 aliphatic rings. The van der Waals surface area contributed by atoms with Gasteiger partial charge >= 0.3 is 0 Å². The zero-order valence-corrected chi connectivity index (χ0v) is 19.1. The minimum Gasteiger partial charge on any atom is -0.493 e. The second kappa shape index (κ2) is 9.38. The molecule has 1 unspecified atom stereocenters. The van der Waals surface area contributed by atoms with Crippen LogP contribution in [0.3, 0.4) is 0 Å². The number of furan rings is 1. The molecule has 0 saturated carbocycles. The lowest BCUT2D eigenvalue weighted by atomic mass is 10.0. The van der Waals surface area contributed by atoms with E-state index in [4.69, 9.17) is 25.5 Å². The van der Waals surface area contributed by atoms with Gasteiger partial charge in [0.25, 0.3) is 0 Å². The summed E-state index contributed by atoms with van der Waals surface area (Å²) in [5.41, 5.74) is 2.83. The number of nitrogens with one attached hydrogen (secondary N) is 1. The molecule has 0 saturated heterocycles. The van der Waals surface area contributed by atoms with Gasteiger partial charge < -0.3 is 19.2 Å². The lowest BCUT2D eigenvalue weighted by Crippen LogP contribution is -2.17. The van der Waals surface area contributed by atoms with Gasteiger partial charge in [0.05, 0.1) is 14.2 Å². The monoisotopic (exact) mass is 463 g/mol. The summed E-state index contributed by atoms with van der Waals surface area (Å²) in [6.07, 6.45) is 0. The predicted molar refractivity (Wildman–Crippen MR) is 128 cm³/mol. The van der Waals surface area contributed by atoms with E-state index in [-0.39, 0.29) is 17.5 Å². The fourth-order valence-corrected chi connectivity index (χ4v) is 3.81. The smallest absolute Gasteiger partial charge is 0.246 e. The first-order valence-electron chi connectivity index (χ1n) is 10.2. The molecule has 1 aromatic heterocycles. The molecule has 1 N–H and O–H groups in total. The van der Waals surface area contributed by atoms with Crippen molar-refractivity contribution in [1.82, 2.24) is 0 Å². The van der Waals surface area contributed by atoms with Crippen molar-refractivity contribution >= 4 is 39.9 Å². The van der Waals surface area contributed by atoms with E-state index in [9.17, 15) is 9.59 Å². The van der Waals surface area contributed by atoms with Gasteiger partial charge in [-0.15, -0.1) is 11.6 Å². The number of amides is 1. The van der Waals surface area contributed by atoms with Gasteiger partial charge in [-0.1, -0.05) is 30.3 Å². The lowest BCUT2D eigenvalue weighted by Gasteiger charge is -2.10. The van der Waals surface area contributed by atoms with Crippen LogP contribution in [-0.2, 0) is 4.79 Å². The van der Waals surface area contributed by atoms with Crippen LogP contribution in [-0.4, -0.2) is 25.9 Å². The minimum atomic E-state index is -0.831. The van der Waals surface area contributed by atoms with Crippen molar-refractivity contribution < 1.29 is 23.5 Å². The van der Waals surface area contributed by atoms with Crippen LogP contribution in [0.25, 0.3) is 11.0 Å². The number of carbonyl (C=O) groups excluding carboxylic acids is 2. The average molecular weight is 464 g/mol. The number of hydrogen-bond acceptors (Lipinski definition) is 5. The maximum atomic E-state index is 13.1. The largest absolute Gasteiger partial charge is 0.493 e. The molecule has 0 aliphatic carbocycles. The molecule has 3 aromatic carbocycles. The Kier molecular flexibility index (Phi) is 6.38. The Balaban J connectivity index is 1.60. The number of methoxy groups -OCH3 is 2. The average Bonchev–Trinajstić information content (AvgIpc) is 3.18. The van der Waals surface area contributed by atoms with Crippen LogP contribution in [0.5, 0.6) is 11.5 Å². The Morgan fingerprint density at radius 2 is 1.67 bits per heavy atom. The SMILES string of the molecule is COc1ccc(C(=O)c2oc3cc(NC(=O)C(Cl)c4ccccc4)ccc3c2C)cc1OC. The summed E-state index contributed by atoms with van der Waals surface area (Å²) in [6.45, 7) is 1.82. The van der Waals surface area contributed by atoms with Crippen molar-refractivity contribution in [3.63, 3.8) is 0 Å². The third kappa shape index (κ3) is 4.43. The number of fused-ring (bicyclic) bond motifs is 1. The summed E-state index contributed by atoms with van der Waals surface area (Å²) < 4.78 is 16.4. The number of alkyl halides is 1. The quantitative estimate of drug-likeness (QED) is 0.272. The van der Waals surface area contributed by atoms with Crippen LogP contribution >= 0.6 is 11.6 Å². The summed E-state index contributed by atoms with van der Waals surface area (Å²) >= 11 is 6.31. The highest BCUT2D eigenvalue weighted by Crippen LogP contribution is 2.33. The molecule has 4 aromatic rings. The summed E-state index contributed by atoms with van der Waals surface area (Å²) in [4.78, 5) is 25.7. The van der Waals surface area contributed by atoms with Crippen molar-refractivity contribution in [2.75, 3.05) is 19.5 Å². The number of ether oxygens (including phenoxy) is 2. The first-order valence-corrected chi connectivity index (χ1v) is 10.7. The standard InChI is InChI=1S/C26H22ClNO5/c1-15-19-11-10-18(28-26(30)23(27)16-7-5-4-6-8-16)14-21(19)33-25(15)24(29)17-9-12-20(31-2)22(13-17)32-3/h4-14,23H,1-3H3,(H,28,30). The maximum absolute atomic E-state index is 13.1. The van der Waals surface area contributed by atoms with Crippen molar-refractivity contribution in [2.45, 2.75) is 12.3 Å². The summed E-state index contributed by atoms with van der Waals surface area (Å²) in [5, 5.41) is 2.75. The third-order valence-corrected chi connectivity index (χ3v) is 5.83. The van der Waals surface area contributed by atoms with Crippen LogP contribution < -0.4 is 14.8 Å². The van der Waals surface area contributed by atoms with Gasteiger partial charge in [-0.05, 0) is 42.8 Å².